The summed E-state index contributed by atoms with van der Waals surface area (Å²) in [7, 11) is 1.77. The smallest absolute Gasteiger partial charge is 0.141 e. The maximum Gasteiger partial charge on any atom is 0.141 e. The van der Waals surface area contributed by atoms with Gasteiger partial charge < -0.3 is 5.32 Å². The predicted molar refractivity (Wildman–Crippen MR) is 48.6 cm³/mol. The van der Waals surface area contributed by atoms with E-state index in [4.69, 9.17) is 5.26 Å². The van der Waals surface area contributed by atoms with Crippen molar-refractivity contribution in [1.82, 2.24) is 5.32 Å². The van der Waals surface area contributed by atoms with Gasteiger partial charge in [-0.3, -0.25) is 0 Å². The number of rotatable bonds is 2. The van der Waals surface area contributed by atoms with E-state index >= 15 is 0 Å². The summed E-state index contributed by atoms with van der Waals surface area (Å²) in [5.74, 6) is -0.456. The third kappa shape index (κ3) is 1.85. The fourth-order valence-corrected chi connectivity index (χ4v) is 1.18. The van der Waals surface area contributed by atoms with Gasteiger partial charge in [0.15, 0.2) is 0 Å². The molecule has 0 aliphatic heterocycles. The van der Waals surface area contributed by atoms with Gasteiger partial charge in [-0.1, -0.05) is 12.1 Å². The summed E-state index contributed by atoms with van der Waals surface area (Å²) >= 11 is 0. The first-order valence-corrected chi connectivity index (χ1v) is 4.06. The topological polar surface area (TPSA) is 35.8 Å². The van der Waals surface area contributed by atoms with Crippen LogP contribution < -0.4 is 5.32 Å². The second-order valence-corrected chi connectivity index (χ2v) is 2.83. The molecule has 1 N–H and O–H groups in total. The molecular formula is C10H11FN2. The molecule has 1 unspecified atom stereocenters. The lowest BCUT2D eigenvalue weighted by Gasteiger charge is -2.12. The highest BCUT2D eigenvalue weighted by molar-refractivity contribution is 5.40. The maximum atomic E-state index is 13.1. The van der Waals surface area contributed by atoms with E-state index in [-0.39, 0.29) is 11.6 Å². The van der Waals surface area contributed by atoms with Crippen LogP contribution in [0.15, 0.2) is 18.2 Å². The molecule has 1 atom stereocenters. The first-order chi connectivity index (χ1) is 6.20. The van der Waals surface area contributed by atoms with Crippen LogP contribution >= 0.6 is 0 Å². The van der Waals surface area contributed by atoms with Gasteiger partial charge in [-0.05, 0) is 25.6 Å². The summed E-state index contributed by atoms with van der Waals surface area (Å²) in [4.78, 5) is 0. The lowest BCUT2D eigenvalue weighted by Crippen LogP contribution is -2.14. The Hall–Kier alpha value is -1.40. The van der Waals surface area contributed by atoms with Crippen LogP contribution in [-0.4, -0.2) is 7.05 Å². The molecule has 0 bridgehead atoms. The van der Waals surface area contributed by atoms with E-state index in [1.165, 1.54) is 6.07 Å². The summed E-state index contributed by atoms with van der Waals surface area (Å²) in [5.41, 5.74) is 0.828. The Morgan fingerprint density at radius 3 is 2.77 bits per heavy atom. The molecular weight excluding hydrogens is 167 g/mol. The van der Waals surface area contributed by atoms with Crippen molar-refractivity contribution in [1.29, 1.82) is 5.26 Å². The van der Waals surface area contributed by atoms with E-state index in [1.807, 2.05) is 13.0 Å². The molecule has 0 saturated carbocycles. The third-order valence-electron chi connectivity index (χ3n) is 2.06. The van der Waals surface area contributed by atoms with E-state index in [2.05, 4.69) is 5.32 Å². The Morgan fingerprint density at radius 2 is 2.23 bits per heavy atom. The Morgan fingerprint density at radius 1 is 1.54 bits per heavy atom. The lowest BCUT2D eigenvalue weighted by molar-refractivity contribution is 0.603. The van der Waals surface area contributed by atoms with Crippen LogP contribution in [0.2, 0.25) is 0 Å². The molecule has 1 aromatic carbocycles. The van der Waals surface area contributed by atoms with E-state index in [0.717, 1.165) is 0 Å². The summed E-state index contributed by atoms with van der Waals surface area (Å²) in [6.45, 7) is 1.88. The van der Waals surface area contributed by atoms with Crippen LogP contribution in [0.25, 0.3) is 0 Å². The quantitative estimate of drug-likeness (QED) is 0.751. The minimum atomic E-state index is -0.456. The minimum Gasteiger partial charge on any atom is -0.313 e. The van der Waals surface area contributed by atoms with Crippen LogP contribution in [0.5, 0.6) is 0 Å². The fraction of sp³-hybridized carbons (Fsp3) is 0.300. The van der Waals surface area contributed by atoms with Crippen LogP contribution in [-0.2, 0) is 0 Å². The molecule has 0 heterocycles. The van der Waals surface area contributed by atoms with Crippen molar-refractivity contribution >= 4 is 0 Å². The maximum absolute atomic E-state index is 13.1. The number of halogens is 1. The van der Waals surface area contributed by atoms with Crippen LogP contribution in [0.3, 0.4) is 0 Å². The van der Waals surface area contributed by atoms with Crippen LogP contribution in [0, 0.1) is 17.1 Å². The van der Waals surface area contributed by atoms with Crippen LogP contribution in [0.1, 0.15) is 24.1 Å². The molecule has 0 aliphatic carbocycles. The molecule has 68 valence electrons. The molecule has 0 fully saturated rings. The van der Waals surface area contributed by atoms with E-state index in [9.17, 15) is 4.39 Å². The molecule has 0 amide bonds. The van der Waals surface area contributed by atoms with Gasteiger partial charge in [-0.15, -0.1) is 0 Å². The number of hydrogen-bond acceptors (Lipinski definition) is 2. The third-order valence-corrected chi connectivity index (χ3v) is 2.06. The van der Waals surface area contributed by atoms with Gasteiger partial charge in [0.25, 0.3) is 0 Å². The second-order valence-electron chi connectivity index (χ2n) is 2.83. The molecule has 13 heavy (non-hydrogen) atoms. The SMILES string of the molecule is CNC(C)c1cccc(F)c1C#N. The average molecular weight is 178 g/mol. The van der Waals surface area contributed by atoms with Crippen molar-refractivity contribution in [3.63, 3.8) is 0 Å². The average Bonchev–Trinajstić information content (AvgIpc) is 2.16. The highest BCUT2D eigenvalue weighted by atomic mass is 19.1. The molecule has 1 rings (SSSR count). The van der Waals surface area contributed by atoms with Gasteiger partial charge in [0, 0.05) is 6.04 Å². The summed E-state index contributed by atoms with van der Waals surface area (Å²) < 4.78 is 13.1. The highest BCUT2D eigenvalue weighted by Gasteiger charge is 2.11. The minimum absolute atomic E-state index is 0.00894. The number of benzene rings is 1. The zero-order valence-corrected chi connectivity index (χ0v) is 7.63. The zero-order valence-electron chi connectivity index (χ0n) is 7.63. The molecule has 0 saturated heterocycles. The fourth-order valence-electron chi connectivity index (χ4n) is 1.18. The first-order valence-electron chi connectivity index (χ1n) is 4.06. The monoisotopic (exact) mass is 178 g/mol. The van der Waals surface area contributed by atoms with Gasteiger partial charge in [0.05, 0.1) is 5.56 Å². The van der Waals surface area contributed by atoms with Crippen molar-refractivity contribution < 1.29 is 4.39 Å². The zero-order chi connectivity index (χ0) is 9.84. The van der Waals surface area contributed by atoms with E-state index in [0.29, 0.717) is 5.56 Å². The van der Waals surface area contributed by atoms with E-state index < -0.39 is 5.82 Å². The predicted octanol–water partition coefficient (Wildman–Crippen LogP) is 1.98. The highest BCUT2D eigenvalue weighted by Crippen LogP contribution is 2.18. The van der Waals surface area contributed by atoms with Gasteiger partial charge >= 0.3 is 0 Å². The normalized spacial score (nSPS) is 12.2. The molecule has 0 aromatic heterocycles. The number of nitriles is 1. The van der Waals surface area contributed by atoms with Crippen molar-refractivity contribution in [2.45, 2.75) is 13.0 Å². The number of nitrogens with one attached hydrogen (secondary N) is 1. The van der Waals surface area contributed by atoms with Crippen molar-refractivity contribution in [3.05, 3.63) is 35.1 Å². The molecule has 0 aliphatic rings. The van der Waals surface area contributed by atoms with Crippen molar-refractivity contribution in [2.24, 2.45) is 0 Å². The van der Waals surface area contributed by atoms with Gasteiger partial charge in [0.1, 0.15) is 11.9 Å². The first kappa shape index (κ1) is 9.69. The summed E-state index contributed by atoms with van der Waals surface area (Å²) in [6.07, 6.45) is 0. The molecule has 3 heteroatoms. The summed E-state index contributed by atoms with van der Waals surface area (Å²) in [5, 5.41) is 11.7. The Kier molecular flexibility index (Phi) is 2.99. The van der Waals surface area contributed by atoms with Gasteiger partial charge in [0.2, 0.25) is 0 Å². The molecule has 1 aromatic rings. The molecule has 2 nitrogen and oxygen atoms in total. The summed E-state index contributed by atoms with van der Waals surface area (Å²) in [6, 6.07) is 6.51. The van der Waals surface area contributed by atoms with Crippen molar-refractivity contribution in [2.75, 3.05) is 7.05 Å². The van der Waals surface area contributed by atoms with Crippen LogP contribution in [0.4, 0.5) is 4.39 Å². The standard InChI is InChI=1S/C10H11FN2/c1-7(13-2)8-4-3-5-10(11)9(8)6-12/h3-5,7,13H,1-2H3. The number of hydrogen-bond donors (Lipinski definition) is 1. The number of nitrogens with zero attached hydrogens (tertiary/aromatic N) is 1. The van der Waals surface area contributed by atoms with Gasteiger partial charge in [-0.2, -0.15) is 5.26 Å². The Balaban J connectivity index is 3.22. The lowest BCUT2D eigenvalue weighted by atomic mass is 10.0. The molecule has 0 radical (unpaired) electrons. The molecule has 0 spiro atoms. The second kappa shape index (κ2) is 4.01. The van der Waals surface area contributed by atoms with E-state index in [1.54, 1.807) is 19.2 Å². The Labute approximate surface area is 77.0 Å². The Bertz CT molecular complexity index is 341. The largest absolute Gasteiger partial charge is 0.313 e. The van der Waals surface area contributed by atoms with Gasteiger partial charge in [-0.25, -0.2) is 4.39 Å². The van der Waals surface area contributed by atoms with Crippen molar-refractivity contribution in [3.8, 4) is 6.07 Å².